The number of carbonyl (C=O) groups excluding carboxylic acids is 1. The van der Waals surface area contributed by atoms with Crippen LogP contribution in [0.2, 0.25) is 5.02 Å². The van der Waals surface area contributed by atoms with E-state index in [1.807, 2.05) is 19.9 Å². The van der Waals surface area contributed by atoms with E-state index < -0.39 is 0 Å². The molecule has 0 aliphatic rings. The lowest BCUT2D eigenvalue weighted by Gasteiger charge is -2.15. The highest BCUT2D eigenvalue weighted by molar-refractivity contribution is 14.1. The van der Waals surface area contributed by atoms with Crippen LogP contribution in [0.25, 0.3) is 0 Å². The van der Waals surface area contributed by atoms with E-state index in [0.717, 1.165) is 9.99 Å². The zero-order valence-electron chi connectivity index (χ0n) is 9.64. The van der Waals surface area contributed by atoms with Gasteiger partial charge in [-0.25, -0.2) is 0 Å². The van der Waals surface area contributed by atoms with E-state index >= 15 is 0 Å². The van der Waals surface area contributed by atoms with Crippen molar-refractivity contribution in [3.63, 3.8) is 0 Å². The van der Waals surface area contributed by atoms with Crippen LogP contribution in [-0.2, 0) is 0 Å². The maximum absolute atomic E-state index is 11.9. The topological polar surface area (TPSA) is 29.1 Å². The van der Waals surface area contributed by atoms with Crippen LogP contribution in [-0.4, -0.2) is 17.3 Å². The molecule has 0 saturated heterocycles. The van der Waals surface area contributed by atoms with Crippen LogP contribution in [0, 0.1) is 3.57 Å². The van der Waals surface area contributed by atoms with E-state index in [4.69, 9.17) is 23.2 Å². The molecule has 2 unspecified atom stereocenters. The summed E-state index contributed by atoms with van der Waals surface area (Å²) in [7, 11) is 0. The molecule has 5 heteroatoms. The summed E-state index contributed by atoms with van der Waals surface area (Å²) in [5, 5.41) is 3.53. The van der Waals surface area contributed by atoms with Crippen molar-refractivity contribution in [2.75, 3.05) is 0 Å². The van der Waals surface area contributed by atoms with Gasteiger partial charge in [-0.15, -0.1) is 11.6 Å². The molecular weight excluding hydrogens is 372 g/mol. The lowest BCUT2D eigenvalue weighted by molar-refractivity contribution is 0.0938. The highest BCUT2D eigenvalue weighted by Gasteiger charge is 2.12. The van der Waals surface area contributed by atoms with E-state index in [1.54, 1.807) is 12.1 Å². The van der Waals surface area contributed by atoms with Crippen molar-refractivity contribution < 1.29 is 4.79 Å². The second kappa shape index (κ2) is 6.81. The van der Waals surface area contributed by atoms with E-state index in [9.17, 15) is 4.79 Å². The molecule has 0 fully saturated rings. The third-order valence-electron chi connectivity index (χ3n) is 2.24. The second-order valence-electron chi connectivity index (χ2n) is 4.02. The third kappa shape index (κ3) is 5.02. The van der Waals surface area contributed by atoms with Crippen LogP contribution in [0.4, 0.5) is 0 Å². The molecule has 0 aliphatic heterocycles. The predicted molar refractivity (Wildman–Crippen MR) is 81.0 cm³/mol. The van der Waals surface area contributed by atoms with Crippen molar-refractivity contribution in [2.24, 2.45) is 0 Å². The molecule has 0 heterocycles. The van der Waals surface area contributed by atoms with Gasteiger partial charge in [-0.2, -0.15) is 0 Å². The number of hydrogen-bond acceptors (Lipinski definition) is 1. The fourth-order valence-electron chi connectivity index (χ4n) is 1.49. The number of alkyl halides is 1. The summed E-state index contributed by atoms with van der Waals surface area (Å²) in [5.74, 6) is -0.117. The van der Waals surface area contributed by atoms with Gasteiger partial charge in [-0.1, -0.05) is 11.6 Å². The van der Waals surface area contributed by atoms with E-state index in [1.165, 1.54) is 0 Å². The molecule has 0 aromatic heterocycles. The third-order valence-corrected chi connectivity index (χ3v) is 3.99. The number of carbonyl (C=O) groups is 1. The zero-order chi connectivity index (χ0) is 13.0. The van der Waals surface area contributed by atoms with Gasteiger partial charge in [-0.05, 0) is 61.1 Å². The first-order valence-electron chi connectivity index (χ1n) is 5.30. The summed E-state index contributed by atoms with van der Waals surface area (Å²) in [4.78, 5) is 11.9. The van der Waals surface area contributed by atoms with Gasteiger partial charge in [0.15, 0.2) is 0 Å². The first kappa shape index (κ1) is 15.1. The Morgan fingerprint density at radius 2 is 2.12 bits per heavy atom. The predicted octanol–water partition coefficient (Wildman–Crippen LogP) is 4.08. The number of amides is 1. The molecule has 0 saturated carbocycles. The number of halogens is 3. The molecule has 0 radical (unpaired) electrons. The largest absolute Gasteiger partial charge is 0.350 e. The van der Waals surface area contributed by atoms with Gasteiger partial charge in [0.05, 0.1) is 5.02 Å². The molecule has 1 aromatic carbocycles. The van der Waals surface area contributed by atoms with Crippen molar-refractivity contribution in [3.05, 3.63) is 32.4 Å². The molecule has 0 bridgehead atoms. The molecule has 0 spiro atoms. The first-order valence-corrected chi connectivity index (χ1v) is 7.19. The standard InChI is InChI=1S/C12H14Cl2INO/c1-7(13)5-8(2)16-12(17)9-3-4-11(15)10(14)6-9/h3-4,6-8H,5H2,1-2H3,(H,16,17). The van der Waals surface area contributed by atoms with E-state index in [-0.39, 0.29) is 17.3 Å². The van der Waals surface area contributed by atoms with Gasteiger partial charge >= 0.3 is 0 Å². The average Bonchev–Trinajstić information content (AvgIpc) is 2.20. The second-order valence-corrected chi connectivity index (χ2v) is 6.33. The number of rotatable bonds is 4. The molecule has 2 nitrogen and oxygen atoms in total. The minimum Gasteiger partial charge on any atom is -0.350 e. The maximum Gasteiger partial charge on any atom is 0.251 e. The van der Waals surface area contributed by atoms with Crippen LogP contribution >= 0.6 is 45.8 Å². The summed E-state index contributed by atoms with van der Waals surface area (Å²) in [6.45, 7) is 3.84. The number of benzene rings is 1. The molecule has 0 aliphatic carbocycles. The van der Waals surface area contributed by atoms with Crippen molar-refractivity contribution in [1.29, 1.82) is 0 Å². The zero-order valence-corrected chi connectivity index (χ0v) is 13.3. The van der Waals surface area contributed by atoms with Crippen LogP contribution in [0.1, 0.15) is 30.6 Å². The monoisotopic (exact) mass is 385 g/mol. The Kier molecular flexibility index (Phi) is 6.03. The average molecular weight is 386 g/mol. The summed E-state index contributed by atoms with van der Waals surface area (Å²) in [5.41, 5.74) is 0.574. The summed E-state index contributed by atoms with van der Waals surface area (Å²) in [6, 6.07) is 5.31. The molecule has 1 amide bonds. The molecule has 1 rings (SSSR count). The van der Waals surface area contributed by atoms with Crippen LogP contribution in [0.15, 0.2) is 18.2 Å². The van der Waals surface area contributed by atoms with Gasteiger partial charge in [0.2, 0.25) is 0 Å². The van der Waals surface area contributed by atoms with E-state index in [2.05, 4.69) is 27.9 Å². The Hall–Kier alpha value is -0.0000000000000000555. The van der Waals surface area contributed by atoms with E-state index in [0.29, 0.717) is 10.6 Å². The Labute approximate surface area is 125 Å². The van der Waals surface area contributed by atoms with Crippen molar-refractivity contribution in [2.45, 2.75) is 31.7 Å². The van der Waals surface area contributed by atoms with Gasteiger partial charge in [0.25, 0.3) is 5.91 Å². The molecule has 17 heavy (non-hydrogen) atoms. The molecule has 1 N–H and O–H groups in total. The van der Waals surface area contributed by atoms with Crippen LogP contribution in [0.5, 0.6) is 0 Å². The fraction of sp³-hybridized carbons (Fsp3) is 0.417. The minimum absolute atomic E-state index is 0.0469. The van der Waals surface area contributed by atoms with Crippen molar-refractivity contribution in [3.8, 4) is 0 Å². The Bertz CT molecular complexity index is 409. The van der Waals surface area contributed by atoms with Gasteiger partial charge in [0.1, 0.15) is 0 Å². The Morgan fingerprint density at radius 1 is 1.47 bits per heavy atom. The van der Waals surface area contributed by atoms with Gasteiger partial charge < -0.3 is 5.32 Å². The fourth-order valence-corrected chi connectivity index (χ4v) is 2.27. The SMILES string of the molecule is CC(Cl)CC(C)NC(=O)c1ccc(I)c(Cl)c1. The minimum atomic E-state index is -0.117. The number of hydrogen-bond donors (Lipinski definition) is 1. The van der Waals surface area contributed by atoms with Crippen LogP contribution < -0.4 is 5.32 Å². The number of nitrogens with one attached hydrogen (secondary N) is 1. The summed E-state index contributed by atoms with van der Waals surface area (Å²) < 4.78 is 0.934. The highest BCUT2D eigenvalue weighted by Crippen LogP contribution is 2.19. The van der Waals surface area contributed by atoms with Crippen molar-refractivity contribution in [1.82, 2.24) is 5.32 Å². The quantitative estimate of drug-likeness (QED) is 0.614. The Balaban J connectivity index is 2.66. The molecule has 94 valence electrons. The lowest BCUT2D eigenvalue weighted by Crippen LogP contribution is -2.33. The van der Waals surface area contributed by atoms with Crippen molar-refractivity contribution >= 4 is 51.7 Å². The molecule has 1 aromatic rings. The normalized spacial score (nSPS) is 14.2. The summed E-state index contributed by atoms with van der Waals surface area (Å²) >= 11 is 14.0. The smallest absolute Gasteiger partial charge is 0.251 e. The maximum atomic E-state index is 11.9. The highest BCUT2D eigenvalue weighted by atomic mass is 127. The van der Waals surface area contributed by atoms with Gasteiger partial charge in [0, 0.05) is 20.6 Å². The Morgan fingerprint density at radius 3 is 2.65 bits per heavy atom. The lowest BCUT2D eigenvalue weighted by atomic mass is 10.1. The molecular formula is C12H14Cl2INO. The first-order chi connectivity index (χ1) is 7.90. The van der Waals surface area contributed by atoms with Gasteiger partial charge in [-0.3, -0.25) is 4.79 Å². The van der Waals surface area contributed by atoms with Crippen LogP contribution in [0.3, 0.4) is 0 Å². The summed E-state index contributed by atoms with van der Waals surface area (Å²) in [6.07, 6.45) is 0.741. The molecule has 2 atom stereocenters.